The Bertz CT molecular complexity index is 997. The van der Waals surface area contributed by atoms with Crippen LogP contribution in [0.4, 0.5) is 0 Å². The molecule has 0 bridgehead atoms. The molecule has 0 fully saturated rings. The van der Waals surface area contributed by atoms with Gasteiger partial charge < -0.3 is 9.72 Å². The number of hydrogen-bond acceptors (Lipinski definition) is 3. The summed E-state index contributed by atoms with van der Waals surface area (Å²) in [5, 5.41) is 5.29. The summed E-state index contributed by atoms with van der Waals surface area (Å²) < 4.78 is 5.18. The summed E-state index contributed by atoms with van der Waals surface area (Å²) in [6.45, 7) is 0. The van der Waals surface area contributed by atoms with Gasteiger partial charge in [0.05, 0.1) is 18.4 Å². The van der Waals surface area contributed by atoms with Crippen molar-refractivity contribution in [3.8, 4) is 5.75 Å². The Morgan fingerprint density at radius 2 is 1.92 bits per heavy atom. The van der Waals surface area contributed by atoms with E-state index >= 15 is 0 Å². The maximum atomic E-state index is 12.2. The van der Waals surface area contributed by atoms with Crippen LogP contribution in [-0.4, -0.2) is 23.7 Å². The number of ether oxygens (including phenoxy) is 1. The molecule has 0 atom stereocenters. The molecule has 1 aliphatic heterocycles. The minimum atomic E-state index is -0.172. The van der Waals surface area contributed by atoms with E-state index in [0.29, 0.717) is 12.0 Å². The van der Waals surface area contributed by atoms with Crippen LogP contribution in [0.25, 0.3) is 17.0 Å². The third-order valence-electron chi connectivity index (χ3n) is 4.30. The highest BCUT2D eigenvalue weighted by Crippen LogP contribution is 2.23. The molecular weight excluding hydrogens is 314 g/mol. The van der Waals surface area contributed by atoms with Crippen LogP contribution in [0.15, 0.2) is 65.4 Å². The molecule has 1 amide bonds. The van der Waals surface area contributed by atoms with E-state index in [-0.39, 0.29) is 5.91 Å². The number of carbonyl (C=O) groups excluding carboxylic acids is 1. The molecule has 0 saturated carbocycles. The number of fused-ring (bicyclic) bond motifs is 1. The van der Waals surface area contributed by atoms with Crippen LogP contribution in [0.1, 0.15) is 11.1 Å². The maximum absolute atomic E-state index is 12.2. The number of rotatable bonds is 4. The number of aromatic nitrogens is 1. The van der Waals surface area contributed by atoms with Crippen molar-refractivity contribution >= 4 is 28.6 Å². The Hall–Kier alpha value is -3.34. The second-order valence-electron chi connectivity index (χ2n) is 5.87. The summed E-state index contributed by atoms with van der Waals surface area (Å²) in [7, 11) is 1.64. The molecule has 1 aliphatic rings. The lowest BCUT2D eigenvalue weighted by Crippen LogP contribution is -2.13. The quantitative estimate of drug-likeness (QED) is 0.721. The van der Waals surface area contributed by atoms with Gasteiger partial charge in [-0.1, -0.05) is 30.3 Å². The van der Waals surface area contributed by atoms with Crippen molar-refractivity contribution in [3.05, 3.63) is 71.4 Å². The monoisotopic (exact) mass is 331 g/mol. The predicted molar refractivity (Wildman–Crippen MR) is 98.6 cm³/mol. The van der Waals surface area contributed by atoms with Gasteiger partial charge in [-0.2, -0.15) is 5.10 Å². The molecule has 1 aromatic heterocycles. The minimum absolute atomic E-state index is 0.172. The van der Waals surface area contributed by atoms with Crippen LogP contribution >= 0.6 is 0 Å². The molecule has 2 aromatic carbocycles. The van der Waals surface area contributed by atoms with Crippen LogP contribution in [0.5, 0.6) is 5.75 Å². The van der Waals surface area contributed by atoms with Gasteiger partial charge in [0.15, 0.2) is 0 Å². The fraction of sp³-hybridized carbons (Fsp3) is 0.100. The first-order valence-electron chi connectivity index (χ1n) is 8.02. The van der Waals surface area contributed by atoms with E-state index in [0.717, 1.165) is 33.5 Å². The molecule has 0 saturated heterocycles. The highest BCUT2D eigenvalue weighted by molar-refractivity contribution is 6.28. The van der Waals surface area contributed by atoms with Gasteiger partial charge in [-0.25, -0.2) is 5.43 Å². The van der Waals surface area contributed by atoms with Crippen molar-refractivity contribution < 1.29 is 9.53 Å². The Labute approximate surface area is 145 Å². The summed E-state index contributed by atoms with van der Waals surface area (Å²) in [5.74, 6) is 0.634. The molecule has 5 heteroatoms. The number of H-pyrrole nitrogens is 1. The number of aromatic amines is 1. The van der Waals surface area contributed by atoms with Crippen molar-refractivity contribution in [2.45, 2.75) is 6.42 Å². The van der Waals surface area contributed by atoms with Crippen LogP contribution in [0.2, 0.25) is 0 Å². The van der Waals surface area contributed by atoms with E-state index in [4.69, 9.17) is 4.74 Å². The summed E-state index contributed by atoms with van der Waals surface area (Å²) in [6.07, 6.45) is 4.38. The van der Waals surface area contributed by atoms with Crippen LogP contribution < -0.4 is 10.2 Å². The van der Waals surface area contributed by atoms with E-state index in [9.17, 15) is 4.79 Å². The molecule has 0 radical (unpaired) electrons. The molecule has 0 aliphatic carbocycles. The molecule has 5 nitrogen and oxygen atoms in total. The third-order valence-corrected chi connectivity index (χ3v) is 4.30. The summed E-state index contributed by atoms with van der Waals surface area (Å²) >= 11 is 0. The zero-order valence-corrected chi connectivity index (χ0v) is 13.7. The van der Waals surface area contributed by atoms with Crippen molar-refractivity contribution in [3.63, 3.8) is 0 Å². The normalized spacial score (nSPS) is 15.5. The lowest BCUT2D eigenvalue weighted by molar-refractivity contribution is -0.116. The van der Waals surface area contributed by atoms with E-state index < -0.39 is 0 Å². The summed E-state index contributed by atoms with van der Waals surface area (Å²) in [5.41, 5.74) is 6.99. The Kier molecular flexibility index (Phi) is 3.82. The van der Waals surface area contributed by atoms with Crippen LogP contribution in [-0.2, 0) is 11.2 Å². The predicted octanol–water partition coefficient (Wildman–Crippen LogP) is 3.29. The fourth-order valence-electron chi connectivity index (χ4n) is 2.96. The Morgan fingerprint density at radius 3 is 2.72 bits per heavy atom. The largest absolute Gasteiger partial charge is 0.497 e. The van der Waals surface area contributed by atoms with Gasteiger partial charge in [-0.05, 0) is 29.8 Å². The molecule has 25 heavy (non-hydrogen) atoms. The second-order valence-corrected chi connectivity index (χ2v) is 5.87. The first-order chi connectivity index (χ1) is 12.2. The van der Waals surface area contributed by atoms with Crippen molar-refractivity contribution in [2.24, 2.45) is 5.10 Å². The molecular formula is C20H17N3O2. The van der Waals surface area contributed by atoms with E-state index in [2.05, 4.69) is 15.5 Å². The van der Waals surface area contributed by atoms with E-state index in [1.165, 1.54) is 0 Å². The van der Waals surface area contributed by atoms with Crippen molar-refractivity contribution in [2.75, 3.05) is 7.11 Å². The smallest absolute Gasteiger partial charge is 0.273 e. The summed E-state index contributed by atoms with van der Waals surface area (Å²) in [4.78, 5) is 15.4. The fourth-order valence-corrected chi connectivity index (χ4v) is 2.96. The average Bonchev–Trinajstić information content (AvgIpc) is 3.21. The highest BCUT2D eigenvalue weighted by Gasteiger charge is 2.23. The van der Waals surface area contributed by atoms with Gasteiger partial charge in [0.1, 0.15) is 5.75 Å². The van der Waals surface area contributed by atoms with E-state index in [1.807, 2.05) is 60.8 Å². The molecule has 2 heterocycles. The van der Waals surface area contributed by atoms with Gasteiger partial charge >= 0.3 is 0 Å². The minimum Gasteiger partial charge on any atom is -0.497 e. The molecule has 0 unspecified atom stereocenters. The number of benzene rings is 2. The first-order valence-corrected chi connectivity index (χ1v) is 8.02. The Morgan fingerprint density at radius 1 is 1.12 bits per heavy atom. The van der Waals surface area contributed by atoms with Crippen LogP contribution in [0, 0.1) is 0 Å². The second kappa shape index (κ2) is 6.28. The number of hydrogen-bond donors (Lipinski definition) is 2. The lowest BCUT2D eigenvalue weighted by atomic mass is 10.00. The number of para-hydroxylation sites is 1. The van der Waals surface area contributed by atoms with Crippen molar-refractivity contribution in [1.82, 2.24) is 10.4 Å². The topological polar surface area (TPSA) is 66.5 Å². The standard InChI is InChI=1S/C20H17N3O2/c1-25-15-8-6-13(7-9-15)10-19-17(20(24)23-22-19)11-14-12-21-18-5-3-2-4-16(14)18/h2-9,11-12,21H,10H2,1H3,(H,23,24). The zero-order chi connectivity index (χ0) is 17.2. The Balaban J connectivity index is 1.65. The van der Waals surface area contributed by atoms with Gasteiger partial charge in [0.25, 0.3) is 5.91 Å². The molecule has 0 spiro atoms. The van der Waals surface area contributed by atoms with Gasteiger partial charge in [-0.15, -0.1) is 0 Å². The third kappa shape index (κ3) is 2.92. The molecule has 3 aromatic rings. The number of hydrazone groups is 1. The molecule has 2 N–H and O–H groups in total. The average molecular weight is 331 g/mol. The summed E-state index contributed by atoms with van der Waals surface area (Å²) in [6, 6.07) is 15.8. The number of amides is 1. The first kappa shape index (κ1) is 15.2. The highest BCUT2D eigenvalue weighted by atomic mass is 16.5. The number of carbonyl (C=O) groups is 1. The number of nitrogens with zero attached hydrogens (tertiary/aromatic N) is 1. The number of methoxy groups -OCH3 is 1. The molecule has 124 valence electrons. The van der Waals surface area contributed by atoms with Gasteiger partial charge in [0.2, 0.25) is 0 Å². The zero-order valence-electron chi connectivity index (χ0n) is 13.7. The maximum Gasteiger partial charge on any atom is 0.273 e. The van der Waals surface area contributed by atoms with E-state index in [1.54, 1.807) is 7.11 Å². The van der Waals surface area contributed by atoms with Crippen molar-refractivity contribution in [1.29, 1.82) is 0 Å². The number of nitrogens with one attached hydrogen (secondary N) is 2. The molecule has 4 rings (SSSR count). The van der Waals surface area contributed by atoms with Gasteiger partial charge in [-0.3, -0.25) is 4.79 Å². The lowest BCUT2D eigenvalue weighted by Gasteiger charge is -2.04. The van der Waals surface area contributed by atoms with Crippen LogP contribution in [0.3, 0.4) is 0 Å². The SMILES string of the molecule is COc1ccc(CC2=NNC(=O)C2=Cc2c[nH]c3ccccc23)cc1. The van der Waals surface area contributed by atoms with Gasteiger partial charge in [0, 0.05) is 29.1 Å².